The van der Waals surface area contributed by atoms with Crippen LogP contribution in [0.25, 0.3) is 11.3 Å². The fourth-order valence-electron chi connectivity index (χ4n) is 3.00. The first-order valence-electron chi connectivity index (χ1n) is 8.28. The molecule has 1 aliphatic heterocycles. The van der Waals surface area contributed by atoms with Crippen LogP contribution in [0.3, 0.4) is 0 Å². The molecule has 5 heteroatoms. The van der Waals surface area contributed by atoms with Crippen LogP contribution >= 0.6 is 0 Å². The van der Waals surface area contributed by atoms with Crippen LogP contribution in [0.2, 0.25) is 0 Å². The van der Waals surface area contributed by atoms with Crippen molar-refractivity contribution in [3.8, 4) is 28.8 Å². The summed E-state index contributed by atoms with van der Waals surface area (Å²) in [5.41, 5.74) is 7.10. The summed E-state index contributed by atoms with van der Waals surface area (Å²) >= 11 is 0. The molecule has 0 spiro atoms. The number of nitrogens with zero attached hydrogens (tertiary/aromatic N) is 3. The average molecular weight is 320 g/mol. The summed E-state index contributed by atoms with van der Waals surface area (Å²) < 4.78 is 1.97. The molecule has 2 heterocycles. The van der Waals surface area contributed by atoms with Crippen LogP contribution in [0.4, 0.5) is 5.95 Å². The molecule has 1 aromatic carbocycles. The first-order valence-corrected chi connectivity index (χ1v) is 8.28. The summed E-state index contributed by atoms with van der Waals surface area (Å²) in [6.45, 7) is 2.65. The summed E-state index contributed by atoms with van der Waals surface area (Å²) in [5.74, 6) is 8.49. The van der Waals surface area contributed by atoms with E-state index in [9.17, 15) is 5.11 Å². The lowest BCUT2D eigenvalue weighted by atomic mass is 9.83. The summed E-state index contributed by atoms with van der Waals surface area (Å²) in [4.78, 5) is 8.97. The van der Waals surface area contributed by atoms with Gasteiger partial charge in [-0.1, -0.05) is 30.4 Å². The molecule has 0 bridgehead atoms. The minimum atomic E-state index is -0.473. The number of aliphatic imine (C=N–C) groups is 1. The number of aromatic hydroxyl groups is 1. The number of nitrogens with two attached hydrogens (primary N) is 1. The van der Waals surface area contributed by atoms with E-state index in [1.807, 2.05) is 29.8 Å². The second kappa shape index (κ2) is 5.41. The van der Waals surface area contributed by atoms with Gasteiger partial charge in [0, 0.05) is 24.2 Å². The highest BCUT2D eigenvalue weighted by Crippen LogP contribution is 2.35. The number of benzene rings is 1. The van der Waals surface area contributed by atoms with Gasteiger partial charge in [-0.2, -0.15) is 4.99 Å². The lowest BCUT2D eigenvalue weighted by Gasteiger charge is -2.28. The molecule has 0 saturated heterocycles. The predicted octanol–water partition coefficient (Wildman–Crippen LogP) is 3.07. The topological polar surface area (TPSA) is 76.4 Å². The van der Waals surface area contributed by atoms with Gasteiger partial charge in [0.25, 0.3) is 0 Å². The molecule has 122 valence electrons. The van der Waals surface area contributed by atoms with E-state index in [1.54, 1.807) is 12.1 Å². The zero-order valence-electron chi connectivity index (χ0n) is 13.7. The van der Waals surface area contributed by atoms with E-state index in [-0.39, 0.29) is 5.75 Å². The van der Waals surface area contributed by atoms with Crippen molar-refractivity contribution in [1.29, 1.82) is 0 Å². The number of para-hydroxylation sites is 1. The van der Waals surface area contributed by atoms with Gasteiger partial charge in [0.2, 0.25) is 5.95 Å². The van der Waals surface area contributed by atoms with Crippen LogP contribution in [-0.4, -0.2) is 20.5 Å². The van der Waals surface area contributed by atoms with Crippen molar-refractivity contribution in [3.63, 3.8) is 0 Å². The van der Waals surface area contributed by atoms with E-state index in [0.717, 1.165) is 0 Å². The zero-order valence-corrected chi connectivity index (χ0v) is 13.7. The van der Waals surface area contributed by atoms with E-state index in [0.29, 0.717) is 35.5 Å². The van der Waals surface area contributed by atoms with Gasteiger partial charge >= 0.3 is 0 Å². The maximum absolute atomic E-state index is 10.0. The average Bonchev–Trinajstić information content (AvgIpc) is 2.89. The van der Waals surface area contributed by atoms with E-state index < -0.39 is 5.41 Å². The van der Waals surface area contributed by atoms with Crippen LogP contribution in [0.5, 0.6) is 5.75 Å². The highest BCUT2D eigenvalue weighted by Gasteiger charge is 2.33. The van der Waals surface area contributed by atoms with E-state index >= 15 is 0 Å². The van der Waals surface area contributed by atoms with Gasteiger partial charge in [-0.15, -0.1) is 0 Å². The molecule has 24 heavy (non-hydrogen) atoms. The van der Waals surface area contributed by atoms with Gasteiger partial charge in [0.1, 0.15) is 17.0 Å². The van der Waals surface area contributed by atoms with Gasteiger partial charge in [-0.3, -0.25) is 0 Å². The summed E-state index contributed by atoms with van der Waals surface area (Å²) in [7, 11) is 0. The van der Waals surface area contributed by atoms with Gasteiger partial charge in [-0.25, -0.2) is 4.98 Å². The molecule has 3 N–H and O–H groups in total. The summed E-state index contributed by atoms with van der Waals surface area (Å²) in [6.07, 6.45) is 5.56. The number of amidine groups is 1. The molecular weight excluding hydrogens is 300 g/mol. The van der Waals surface area contributed by atoms with Crippen LogP contribution in [0.15, 0.2) is 35.5 Å². The largest absolute Gasteiger partial charge is 0.507 e. The van der Waals surface area contributed by atoms with Crippen LogP contribution in [0.1, 0.15) is 26.2 Å². The Morgan fingerprint density at radius 3 is 2.83 bits per heavy atom. The second-order valence-corrected chi connectivity index (χ2v) is 6.80. The Labute approximate surface area is 141 Å². The number of aromatic nitrogens is 2. The van der Waals surface area contributed by atoms with E-state index in [2.05, 4.69) is 21.8 Å². The van der Waals surface area contributed by atoms with Crippen LogP contribution in [0, 0.1) is 23.2 Å². The molecule has 1 aromatic heterocycles. The minimum absolute atomic E-state index is 0.206. The second-order valence-electron chi connectivity index (χ2n) is 6.80. The maximum atomic E-state index is 10.0. The standard InChI is InChI=1S/C19H20N4O/c1-19(10-9-13-5-4-6-13)12-23-11-15(21-18(23)22-17(19)20)14-7-2-3-8-16(14)24/h2-3,7-8,11,13,24H,4-6,12H2,1H3,(H2,20,21,22). The molecule has 2 aromatic rings. The lowest BCUT2D eigenvalue weighted by molar-refractivity contribution is 0.399. The zero-order chi connectivity index (χ0) is 16.7. The molecule has 0 amide bonds. The highest BCUT2D eigenvalue weighted by molar-refractivity contribution is 5.91. The van der Waals surface area contributed by atoms with Gasteiger partial charge in [0.05, 0.1) is 5.69 Å². The molecule has 1 saturated carbocycles. The van der Waals surface area contributed by atoms with Crippen LogP contribution < -0.4 is 5.73 Å². The molecule has 1 atom stereocenters. The number of phenolic OH excluding ortho intramolecular Hbond substituents is 1. The van der Waals surface area contributed by atoms with Gasteiger partial charge in [-0.05, 0) is 31.9 Å². The molecule has 5 nitrogen and oxygen atoms in total. The Balaban J connectivity index is 1.68. The van der Waals surface area contributed by atoms with Crippen molar-refractivity contribution < 1.29 is 5.11 Å². The number of hydrogen-bond donors (Lipinski definition) is 2. The van der Waals surface area contributed by atoms with E-state index in [1.165, 1.54) is 19.3 Å². The molecule has 1 fully saturated rings. The fraction of sp³-hybridized carbons (Fsp3) is 0.368. The Morgan fingerprint density at radius 1 is 1.33 bits per heavy atom. The third-order valence-corrected chi connectivity index (χ3v) is 4.87. The molecular formula is C19H20N4O. The quantitative estimate of drug-likeness (QED) is 0.793. The normalized spacial score (nSPS) is 22.8. The summed E-state index contributed by atoms with van der Waals surface area (Å²) in [6, 6.07) is 7.16. The van der Waals surface area contributed by atoms with Crippen LogP contribution in [-0.2, 0) is 6.54 Å². The minimum Gasteiger partial charge on any atom is -0.507 e. The SMILES string of the molecule is CC1(C#CC2CCC2)Cn2cc(-c3ccccc3O)nc2N=C1N. The van der Waals surface area contributed by atoms with Crippen molar-refractivity contribution in [1.82, 2.24) is 9.55 Å². The Hall–Kier alpha value is -2.74. The number of rotatable bonds is 1. The Morgan fingerprint density at radius 2 is 2.12 bits per heavy atom. The first-order chi connectivity index (χ1) is 11.5. The maximum Gasteiger partial charge on any atom is 0.231 e. The molecule has 0 radical (unpaired) electrons. The molecule has 1 unspecified atom stereocenters. The molecule has 1 aliphatic carbocycles. The first kappa shape index (κ1) is 14.8. The predicted molar refractivity (Wildman–Crippen MR) is 93.8 cm³/mol. The van der Waals surface area contributed by atoms with Gasteiger partial charge in [0.15, 0.2) is 0 Å². The number of hydrogen-bond acceptors (Lipinski definition) is 4. The third-order valence-electron chi connectivity index (χ3n) is 4.87. The van der Waals surface area contributed by atoms with Crippen molar-refractivity contribution in [2.75, 3.05) is 0 Å². The smallest absolute Gasteiger partial charge is 0.231 e. The Kier molecular flexibility index (Phi) is 3.34. The van der Waals surface area contributed by atoms with Crippen molar-refractivity contribution in [2.24, 2.45) is 22.1 Å². The number of imidazole rings is 1. The monoisotopic (exact) mass is 320 g/mol. The van der Waals surface area contributed by atoms with Crippen molar-refractivity contribution in [3.05, 3.63) is 30.5 Å². The Bertz CT molecular complexity index is 882. The van der Waals surface area contributed by atoms with Crippen molar-refractivity contribution >= 4 is 11.8 Å². The molecule has 2 aliphatic rings. The lowest BCUT2D eigenvalue weighted by Crippen LogP contribution is -2.39. The number of phenols is 1. The number of fused-ring (bicyclic) bond motifs is 1. The van der Waals surface area contributed by atoms with Gasteiger partial charge < -0.3 is 15.4 Å². The summed E-state index contributed by atoms with van der Waals surface area (Å²) in [5, 5.41) is 10.0. The molecule has 4 rings (SSSR count). The van der Waals surface area contributed by atoms with Crippen molar-refractivity contribution in [2.45, 2.75) is 32.7 Å². The fourth-order valence-corrected chi connectivity index (χ4v) is 3.00. The highest BCUT2D eigenvalue weighted by atomic mass is 16.3. The van der Waals surface area contributed by atoms with E-state index in [4.69, 9.17) is 5.73 Å². The third kappa shape index (κ3) is 2.44.